The molecule has 4 nitrogen and oxygen atoms in total. The van der Waals surface area contributed by atoms with Crippen molar-refractivity contribution >= 4 is 11.6 Å². The molecule has 0 aliphatic rings. The Morgan fingerprint density at radius 3 is 2.79 bits per heavy atom. The first-order chi connectivity index (χ1) is 9.08. The van der Waals surface area contributed by atoms with Crippen molar-refractivity contribution in [2.24, 2.45) is 7.05 Å². The monoisotopic (exact) mass is 283 g/mol. The van der Waals surface area contributed by atoms with E-state index in [1.165, 1.54) is 6.07 Å². The third-order valence-corrected chi connectivity index (χ3v) is 3.24. The molecule has 19 heavy (non-hydrogen) atoms. The van der Waals surface area contributed by atoms with Crippen molar-refractivity contribution in [3.05, 3.63) is 46.5 Å². The first kappa shape index (κ1) is 13.8. The van der Waals surface area contributed by atoms with Crippen LogP contribution in [-0.2, 0) is 7.05 Å². The van der Waals surface area contributed by atoms with E-state index in [1.54, 1.807) is 44.2 Å². The molecule has 0 bridgehead atoms. The average molecular weight is 284 g/mol. The van der Waals surface area contributed by atoms with Crippen LogP contribution in [-0.4, -0.2) is 23.9 Å². The predicted molar refractivity (Wildman–Crippen MR) is 72.1 cm³/mol. The SMILES string of the molecule is CNC(c1ccc(Cl)cc1F)c1c(OC)cnn1C. The van der Waals surface area contributed by atoms with Gasteiger partial charge in [-0.2, -0.15) is 5.10 Å². The fourth-order valence-corrected chi connectivity index (χ4v) is 2.25. The Kier molecular flexibility index (Phi) is 4.07. The van der Waals surface area contributed by atoms with Crippen molar-refractivity contribution < 1.29 is 9.13 Å². The average Bonchev–Trinajstić information content (AvgIpc) is 2.74. The van der Waals surface area contributed by atoms with Crippen LogP contribution in [0.3, 0.4) is 0 Å². The summed E-state index contributed by atoms with van der Waals surface area (Å²) >= 11 is 5.78. The van der Waals surface area contributed by atoms with E-state index in [1.807, 2.05) is 0 Å². The molecule has 0 fully saturated rings. The van der Waals surface area contributed by atoms with E-state index in [4.69, 9.17) is 16.3 Å². The zero-order valence-electron chi connectivity index (χ0n) is 10.9. The summed E-state index contributed by atoms with van der Waals surface area (Å²) in [4.78, 5) is 0. The molecule has 1 N–H and O–H groups in total. The van der Waals surface area contributed by atoms with Crippen molar-refractivity contribution in [1.29, 1.82) is 0 Å². The van der Waals surface area contributed by atoms with E-state index in [0.29, 0.717) is 16.3 Å². The van der Waals surface area contributed by atoms with Gasteiger partial charge in [0, 0.05) is 17.6 Å². The lowest BCUT2D eigenvalue weighted by Crippen LogP contribution is -2.22. The van der Waals surface area contributed by atoms with Gasteiger partial charge in [-0.1, -0.05) is 17.7 Å². The van der Waals surface area contributed by atoms with E-state index < -0.39 is 0 Å². The van der Waals surface area contributed by atoms with E-state index in [0.717, 1.165) is 5.69 Å². The third-order valence-electron chi connectivity index (χ3n) is 3.00. The van der Waals surface area contributed by atoms with Crippen LogP contribution >= 0.6 is 11.6 Å². The normalized spacial score (nSPS) is 12.5. The summed E-state index contributed by atoms with van der Waals surface area (Å²) in [5.74, 6) is 0.242. The third kappa shape index (κ3) is 2.57. The molecule has 6 heteroatoms. The van der Waals surface area contributed by atoms with Crippen molar-refractivity contribution in [1.82, 2.24) is 15.1 Å². The van der Waals surface area contributed by atoms with Gasteiger partial charge in [0.15, 0.2) is 5.75 Å². The highest BCUT2D eigenvalue weighted by Crippen LogP contribution is 2.31. The van der Waals surface area contributed by atoms with Crippen molar-refractivity contribution in [3.63, 3.8) is 0 Å². The lowest BCUT2D eigenvalue weighted by molar-refractivity contribution is 0.401. The first-order valence-electron chi connectivity index (χ1n) is 5.76. The summed E-state index contributed by atoms with van der Waals surface area (Å²) in [5.41, 5.74) is 1.25. The quantitative estimate of drug-likeness (QED) is 0.937. The Bertz CT molecular complexity index is 585. The second kappa shape index (κ2) is 5.59. The molecule has 0 aliphatic carbocycles. The highest BCUT2D eigenvalue weighted by molar-refractivity contribution is 6.30. The molecule has 0 saturated carbocycles. The molecule has 1 aromatic carbocycles. The lowest BCUT2D eigenvalue weighted by atomic mass is 10.0. The van der Waals surface area contributed by atoms with Crippen LogP contribution in [0.1, 0.15) is 17.3 Å². The summed E-state index contributed by atoms with van der Waals surface area (Å²) in [6, 6.07) is 4.25. The number of ether oxygens (including phenoxy) is 1. The number of nitrogens with zero attached hydrogens (tertiary/aromatic N) is 2. The van der Waals surface area contributed by atoms with Gasteiger partial charge in [0.25, 0.3) is 0 Å². The summed E-state index contributed by atoms with van der Waals surface area (Å²) < 4.78 is 21.0. The number of benzene rings is 1. The van der Waals surface area contributed by atoms with Crippen LogP contribution < -0.4 is 10.1 Å². The topological polar surface area (TPSA) is 39.1 Å². The second-order valence-corrected chi connectivity index (χ2v) is 4.55. The first-order valence-corrected chi connectivity index (χ1v) is 6.14. The van der Waals surface area contributed by atoms with E-state index in [-0.39, 0.29) is 11.9 Å². The summed E-state index contributed by atoms with van der Waals surface area (Å²) in [6.45, 7) is 0. The molecule has 0 aliphatic heterocycles. The zero-order valence-corrected chi connectivity index (χ0v) is 11.7. The summed E-state index contributed by atoms with van der Waals surface area (Å²) in [6.07, 6.45) is 1.60. The van der Waals surface area contributed by atoms with Gasteiger partial charge in [-0.25, -0.2) is 4.39 Å². The van der Waals surface area contributed by atoms with E-state index in [9.17, 15) is 4.39 Å². The smallest absolute Gasteiger partial charge is 0.161 e. The molecule has 0 amide bonds. The number of methoxy groups -OCH3 is 1. The number of hydrogen-bond donors (Lipinski definition) is 1. The Hall–Kier alpha value is -1.59. The molecule has 1 heterocycles. The van der Waals surface area contributed by atoms with Gasteiger partial charge in [-0.05, 0) is 19.2 Å². The highest BCUT2D eigenvalue weighted by Gasteiger charge is 2.23. The minimum Gasteiger partial charge on any atom is -0.493 e. The van der Waals surface area contributed by atoms with Gasteiger partial charge in [-0.15, -0.1) is 0 Å². The van der Waals surface area contributed by atoms with Gasteiger partial charge < -0.3 is 10.1 Å². The van der Waals surface area contributed by atoms with Gasteiger partial charge in [-0.3, -0.25) is 4.68 Å². The molecular weight excluding hydrogens is 269 g/mol. The predicted octanol–water partition coefficient (Wildman–Crippen LogP) is 2.53. The van der Waals surface area contributed by atoms with Gasteiger partial charge in [0.2, 0.25) is 0 Å². The summed E-state index contributed by atoms with van der Waals surface area (Å²) in [5, 5.41) is 7.57. The van der Waals surface area contributed by atoms with Crippen LogP contribution in [0.15, 0.2) is 24.4 Å². The number of nitrogens with one attached hydrogen (secondary N) is 1. The van der Waals surface area contributed by atoms with Crippen LogP contribution in [0.25, 0.3) is 0 Å². The largest absolute Gasteiger partial charge is 0.493 e. The molecule has 2 rings (SSSR count). The number of halogens is 2. The Labute approximate surface area is 116 Å². The molecule has 0 spiro atoms. The number of aromatic nitrogens is 2. The molecular formula is C13H15ClFN3O. The second-order valence-electron chi connectivity index (χ2n) is 4.11. The Morgan fingerprint density at radius 2 is 2.21 bits per heavy atom. The molecule has 2 aromatic rings. The molecule has 102 valence electrons. The molecule has 1 unspecified atom stereocenters. The maximum Gasteiger partial charge on any atom is 0.161 e. The summed E-state index contributed by atoms with van der Waals surface area (Å²) in [7, 11) is 5.10. The fraction of sp³-hybridized carbons (Fsp3) is 0.308. The van der Waals surface area contributed by atoms with Crippen molar-refractivity contribution in [2.45, 2.75) is 6.04 Å². The lowest BCUT2D eigenvalue weighted by Gasteiger charge is -2.19. The number of aryl methyl sites for hydroxylation is 1. The van der Waals surface area contributed by atoms with Crippen molar-refractivity contribution in [2.75, 3.05) is 14.2 Å². The Morgan fingerprint density at radius 1 is 1.47 bits per heavy atom. The molecule has 1 aromatic heterocycles. The standard InChI is InChI=1S/C13H15ClFN3O/c1-16-12(9-5-4-8(14)6-10(9)15)13-11(19-3)7-17-18(13)2/h4-7,12,16H,1-3H3. The van der Waals surface area contributed by atoms with Crippen LogP contribution in [0.4, 0.5) is 4.39 Å². The van der Waals surface area contributed by atoms with E-state index >= 15 is 0 Å². The zero-order chi connectivity index (χ0) is 14.0. The maximum atomic E-state index is 14.1. The Balaban J connectivity index is 2.52. The van der Waals surface area contributed by atoms with Crippen LogP contribution in [0.5, 0.6) is 5.75 Å². The fourth-order valence-electron chi connectivity index (χ4n) is 2.09. The highest BCUT2D eigenvalue weighted by atomic mass is 35.5. The van der Waals surface area contributed by atoms with Gasteiger partial charge in [0.05, 0.1) is 19.3 Å². The minimum absolute atomic E-state index is 0.361. The minimum atomic E-state index is -0.366. The molecule has 1 atom stereocenters. The molecule has 0 saturated heterocycles. The van der Waals surface area contributed by atoms with Gasteiger partial charge in [0.1, 0.15) is 11.5 Å². The van der Waals surface area contributed by atoms with Gasteiger partial charge >= 0.3 is 0 Å². The number of hydrogen-bond acceptors (Lipinski definition) is 3. The van der Waals surface area contributed by atoms with Crippen LogP contribution in [0, 0.1) is 5.82 Å². The van der Waals surface area contributed by atoms with Crippen LogP contribution in [0.2, 0.25) is 5.02 Å². The van der Waals surface area contributed by atoms with Crippen molar-refractivity contribution in [3.8, 4) is 5.75 Å². The van der Waals surface area contributed by atoms with E-state index in [2.05, 4.69) is 10.4 Å². The molecule has 0 radical (unpaired) electrons. The number of rotatable bonds is 4. The maximum absolute atomic E-state index is 14.1.